The lowest BCUT2D eigenvalue weighted by Gasteiger charge is -2.32. The molecule has 1 aliphatic heterocycles. The average molecular weight is 382 g/mol. The van der Waals surface area contributed by atoms with Gasteiger partial charge in [0.2, 0.25) is 5.91 Å². The van der Waals surface area contributed by atoms with Crippen LogP contribution in [0.15, 0.2) is 17.3 Å². The topological polar surface area (TPSA) is 73.3 Å². The summed E-state index contributed by atoms with van der Waals surface area (Å²) in [6.07, 6.45) is -3.20. The van der Waals surface area contributed by atoms with Crippen molar-refractivity contribution in [1.29, 1.82) is 0 Å². The molecule has 1 saturated heterocycles. The highest BCUT2D eigenvalue weighted by Crippen LogP contribution is 2.33. The number of piperidine rings is 1. The van der Waals surface area contributed by atoms with Gasteiger partial charge in [0, 0.05) is 31.2 Å². The minimum Gasteiger partial charge on any atom is -0.550 e. The lowest BCUT2D eigenvalue weighted by atomic mass is 9.97. The number of amides is 1. The van der Waals surface area contributed by atoms with Gasteiger partial charge in [-0.2, -0.15) is 13.2 Å². The van der Waals surface area contributed by atoms with E-state index in [1.54, 1.807) is 0 Å². The van der Waals surface area contributed by atoms with Gasteiger partial charge in [-0.15, -0.1) is 0 Å². The minimum absolute atomic E-state index is 0.0337. The monoisotopic (exact) mass is 381 g/mol. The lowest BCUT2D eigenvalue weighted by molar-refractivity contribution is -0.312. The predicted octanol–water partition coefficient (Wildman–Crippen LogP) is 1.83. The Labute approximate surface area is 145 Å². The van der Waals surface area contributed by atoms with Crippen LogP contribution in [0, 0.1) is 5.92 Å². The molecule has 0 spiro atoms. The highest BCUT2D eigenvalue weighted by atomic mass is 35.5. The van der Waals surface area contributed by atoms with Crippen molar-refractivity contribution in [2.24, 2.45) is 5.92 Å². The highest BCUT2D eigenvalue weighted by molar-refractivity contribution is 8.00. The Kier molecular flexibility index (Phi) is 5.97. The van der Waals surface area contributed by atoms with Crippen molar-refractivity contribution in [2.75, 3.05) is 18.8 Å². The largest absolute Gasteiger partial charge is 0.550 e. The summed E-state index contributed by atoms with van der Waals surface area (Å²) in [5, 5.41) is 10.7. The van der Waals surface area contributed by atoms with Gasteiger partial charge in [0.25, 0.3) is 0 Å². The van der Waals surface area contributed by atoms with Crippen molar-refractivity contribution in [1.82, 2.24) is 9.88 Å². The van der Waals surface area contributed by atoms with E-state index in [-0.39, 0.29) is 21.7 Å². The van der Waals surface area contributed by atoms with E-state index in [9.17, 15) is 27.9 Å². The molecule has 0 bridgehead atoms. The molecule has 2 heterocycles. The standard InChI is InChI=1S/C14H14ClF3N2O3S/c15-10-5-9(14(16,17)18)6-19-12(10)24-7-11(21)20-3-1-8(2-4-20)13(22)23/h5-6,8H,1-4,7H2,(H,22,23)/p-1. The normalized spacial score (nSPS) is 16.2. The van der Waals surface area contributed by atoms with E-state index in [2.05, 4.69) is 4.98 Å². The van der Waals surface area contributed by atoms with Gasteiger partial charge in [-0.3, -0.25) is 4.79 Å². The van der Waals surface area contributed by atoms with E-state index < -0.39 is 23.6 Å². The Morgan fingerprint density at radius 2 is 2.00 bits per heavy atom. The van der Waals surface area contributed by atoms with Gasteiger partial charge in [-0.05, 0) is 18.9 Å². The molecule has 0 aromatic carbocycles. The summed E-state index contributed by atoms with van der Waals surface area (Å²) in [6, 6.07) is 0.771. The van der Waals surface area contributed by atoms with Crippen molar-refractivity contribution in [3.8, 4) is 0 Å². The predicted molar refractivity (Wildman–Crippen MR) is 79.3 cm³/mol. The third-order valence-corrected chi connectivity index (χ3v) is 5.04. The van der Waals surface area contributed by atoms with Crippen LogP contribution < -0.4 is 5.11 Å². The molecule has 0 radical (unpaired) electrons. The number of rotatable bonds is 4. The van der Waals surface area contributed by atoms with Crippen molar-refractivity contribution < 1.29 is 27.9 Å². The van der Waals surface area contributed by atoms with E-state index in [1.165, 1.54) is 4.90 Å². The van der Waals surface area contributed by atoms with Crippen LogP contribution in [0.25, 0.3) is 0 Å². The fourth-order valence-electron chi connectivity index (χ4n) is 2.27. The van der Waals surface area contributed by atoms with Crippen molar-refractivity contribution >= 4 is 35.2 Å². The van der Waals surface area contributed by atoms with Gasteiger partial charge < -0.3 is 14.8 Å². The van der Waals surface area contributed by atoms with Crippen LogP contribution in [0.4, 0.5) is 13.2 Å². The zero-order chi connectivity index (χ0) is 17.9. The number of likely N-dealkylation sites (tertiary alicyclic amines) is 1. The number of aromatic nitrogens is 1. The number of carbonyl (C=O) groups is 2. The molecule has 1 fully saturated rings. The minimum atomic E-state index is -4.53. The van der Waals surface area contributed by atoms with Crippen LogP contribution in [0.3, 0.4) is 0 Å². The third kappa shape index (κ3) is 4.76. The number of hydrogen-bond acceptors (Lipinski definition) is 5. The van der Waals surface area contributed by atoms with Gasteiger partial charge in [0.1, 0.15) is 5.03 Å². The molecule has 0 aliphatic carbocycles. The van der Waals surface area contributed by atoms with Crippen LogP contribution in [-0.2, 0) is 15.8 Å². The molecule has 24 heavy (non-hydrogen) atoms. The van der Waals surface area contributed by atoms with Crippen molar-refractivity contribution in [3.05, 3.63) is 22.8 Å². The number of carboxylic acid groups (broad SMARTS) is 1. The fourth-order valence-corrected chi connectivity index (χ4v) is 3.37. The SMILES string of the molecule is O=C([O-])C1CCN(C(=O)CSc2ncc(C(F)(F)F)cc2Cl)CC1. The van der Waals surface area contributed by atoms with Crippen molar-refractivity contribution in [3.63, 3.8) is 0 Å². The molecule has 2 rings (SSSR count). The number of hydrogen-bond donors (Lipinski definition) is 0. The molecule has 0 atom stereocenters. The summed E-state index contributed by atoms with van der Waals surface area (Å²) in [5.74, 6) is -1.94. The second-order valence-electron chi connectivity index (χ2n) is 5.27. The number of thioether (sulfide) groups is 1. The zero-order valence-electron chi connectivity index (χ0n) is 12.3. The molecular weight excluding hydrogens is 369 g/mol. The van der Waals surface area contributed by atoms with Crippen LogP contribution in [0.1, 0.15) is 18.4 Å². The first-order chi connectivity index (χ1) is 11.2. The number of halogens is 4. The maximum Gasteiger partial charge on any atom is 0.417 e. The van der Waals surface area contributed by atoms with Crippen LogP contribution in [0.2, 0.25) is 5.02 Å². The molecule has 1 amide bonds. The Bertz CT molecular complexity index is 634. The number of alkyl halides is 3. The molecule has 0 saturated carbocycles. The molecule has 1 aromatic heterocycles. The highest BCUT2D eigenvalue weighted by Gasteiger charge is 2.31. The summed E-state index contributed by atoms with van der Waals surface area (Å²) in [6.45, 7) is 0.623. The number of nitrogens with zero attached hydrogens (tertiary/aromatic N) is 2. The maximum atomic E-state index is 12.5. The molecular formula is C14H13ClF3N2O3S-. The van der Waals surface area contributed by atoms with Crippen LogP contribution in [0.5, 0.6) is 0 Å². The first-order valence-corrected chi connectivity index (χ1v) is 8.39. The van der Waals surface area contributed by atoms with E-state index in [4.69, 9.17) is 11.6 Å². The molecule has 0 N–H and O–H groups in total. The summed E-state index contributed by atoms with van der Waals surface area (Å²) in [4.78, 5) is 28.0. The van der Waals surface area contributed by atoms with Crippen LogP contribution in [-0.4, -0.2) is 40.6 Å². The first-order valence-electron chi connectivity index (χ1n) is 7.02. The van der Waals surface area contributed by atoms with Gasteiger partial charge in [-0.1, -0.05) is 23.4 Å². The number of carboxylic acids is 1. The zero-order valence-corrected chi connectivity index (χ0v) is 13.9. The van der Waals surface area contributed by atoms with E-state index in [0.717, 1.165) is 17.8 Å². The quantitative estimate of drug-likeness (QED) is 0.744. The first kappa shape index (κ1) is 18.9. The molecule has 0 unspecified atom stereocenters. The smallest absolute Gasteiger partial charge is 0.417 e. The Balaban J connectivity index is 1.89. The summed E-state index contributed by atoms with van der Waals surface area (Å²) in [5.41, 5.74) is -0.951. The molecule has 1 aliphatic rings. The van der Waals surface area contributed by atoms with Gasteiger partial charge in [0.15, 0.2) is 0 Å². The van der Waals surface area contributed by atoms with E-state index >= 15 is 0 Å². The molecule has 5 nitrogen and oxygen atoms in total. The average Bonchev–Trinajstić information content (AvgIpc) is 2.52. The van der Waals surface area contributed by atoms with E-state index in [1.807, 2.05) is 0 Å². The molecule has 1 aromatic rings. The summed E-state index contributed by atoms with van der Waals surface area (Å²) < 4.78 is 37.6. The number of pyridine rings is 1. The second-order valence-corrected chi connectivity index (χ2v) is 6.64. The third-order valence-electron chi connectivity index (χ3n) is 3.65. The summed E-state index contributed by atoms with van der Waals surface area (Å²) >= 11 is 6.72. The number of aliphatic carboxylic acids is 1. The maximum absolute atomic E-state index is 12.5. The van der Waals surface area contributed by atoms with Crippen LogP contribution >= 0.6 is 23.4 Å². The molecule has 10 heteroatoms. The van der Waals surface area contributed by atoms with Gasteiger partial charge >= 0.3 is 6.18 Å². The molecule has 132 valence electrons. The second kappa shape index (κ2) is 7.60. The lowest BCUT2D eigenvalue weighted by Crippen LogP contribution is -2.44. The van der Waals surface area contributed by atoms with E-state index in [0.29, 0.717) is 32.1 Å². The van der Waals surface area contributed by atoms with Crippen molar-refractivity contribution in [2.45, 2.75) is 24.0 Å². The fraction of sp³-hybridized carbons (Fsp3) is 0.500. The van der Waals surface area contributed by atoms with Gasteiger partial charge in [-0.25, -0.2) is 4.98 Å². The number of carbonyl (C=O) groups excluding carboxylic acids is 2. The Morgan fingerprint density at radius 1 is 1.38 bits per heavy atom. The summed E-state index contributed by atoms with van der Waals surface area (Å²) in [7, 11) is 0. The Morgan fingerprint density at radius 3 is 2.50 bits per heavy atom. The van der Waals surface area contributed by atoms with Gasteiger partial charge in [0.05, 0.1) is 16.3 Å². The Hall–Kier alpha value is -1.48.